The number of aliphatic hydroxyl groups is 3. The average molecular weight is 359 g/mol. The van der Waals surface area contributed by atoms with Gasteiger partial charge in [0.05, 0.1) is 19.8 Å². The number of hydrogen-bond donors (Lipinski definition) is 3. The van der Waals surface area contributed by atoms with Gasteiger partial charge in [0.2, 0.25) is 0 Å². The molecule has 1 heterocycles. The number of rotatable bonds is 15. The van der Waals surface area contributed by atoms with E-state index in [1.54, 1.807) is 0 Å². The van der Waals surface area contributed by atoms with E-state index >= 15 is 0 Å². The number of allylic oxidation sites excluding steroid dienone is 1. The highest BCUT2D eigenvalue weighted by molar-refractivity contribution is 4.88. The third kappa shape index (κ3) is 10.3. The van der Waals surface area contributed by atoms with Gasteiger partial charge in [0.25, 0.3) is 0 Å². The van der Waals surface area contributed by atoms with Gasteiger partial charge in [0.1, 0.15) is 24.4 Å². The van der Waals surface area contributed by atoms with Crippen LogP contribution in [0.2, 0.25) is 0 Å². The fourth-order valence-corrected chi connectivity index (χ4v) is 3.05. The van der Waals surface area contributed by atoms with Crippen molar-refractivity contribution >= 4 is 0 Å². The van der Waals surface area contributed by atoms with Crippen molar-refractivity contribution in [1.29, 1.82) is 0 Å². The van der Waals surface area contributed by atoms with Gasteiger partial charge in [-0.2, -0.15) is 0 Å². The van der Waals surface area contributed by atoms with E-state index in [2.05, 4.69) is 19.1 Å². The summed E-state index contributed by atoms with van der Waals surface area (Å²) in [4.78, 5) is 0. The Labute approximate surface area is 153 Å². The second kappa shape index (κ2) is 14.7. The van der Waals surface area contributed by atoms with Crippen LogP contribution in [0, 0.1) is 0 Å². The van der Waals surface area contributed by atoms with Crippen LogP contribution >= 0.6 is 0 Å². The molecular formula is C20H38O5. The maximum absolute atomic E-state index is 9.89. The first-order valence-electron chi connectivity index (χ1n) is 10.0. The van der Waals surface area contributed by atoms with Crippen molar-refractivity contribution in [2.24, 2.45) is 0 Å². The van der Waals surface area contributed by atoms with Crippen LogP contribution < -0.4 is 0 Å². The molecule has 0 amide bonds. The van der Waals surface area contributed by atoms with Gasteiger partial charge in [0.15, 0.2) is 0 Å². The summed E-state index contributed by atoms with van der Waals surface area (Å²) in [6.07, 6.45) is 13.4. The molecular weight excluding hydrogens is 320 g/mol. The SMILES string of the molecule is CCCCCCCCCC/C=C/CCOC[C@@H](O)[C@@H]1OC[C@H](O)[C@@H]1O. The minimum Gasteiger partial charge on any atom is -0.388 e. The molecule has 1 fully saturated rings. The zero-order valence-electron chi connectivity index (χ0n) is 15.8. The van der Waals surface area contributed by atoms with E-state index in [0.29, 0.717) is 6.61 Å². The summed E-state index contributed by atoms with van der Waals surface area (Å²) in [5.41, 5.74) is 0. The highest BCUT2D eigenvalue weighted by atomic mass is 16.5. The van der Waals surface area contributed by atoms with Crippen LogP contribution in [-0.2, 0) is 9.47 Å². The molecule has 5 heteroatoms. The molecule has 1 rings (SSSR count). The first kappa shape index (κ1) is 22.6. The minimum absolute atomic E-state index is 0.0599. The predicted octanol–water partition coefficient (Wildman–Crippen LogP) is 2.96. The van der Waals surface area contributed by atoms with E-state index in [1.165, 1.54) is 51.4 Å². The van der Waals surface area contributed by atoms with Crippen molar-refractivity contribution in [2.75, 3.05) is 19.8 Å². The van der Waals surface area contributed by atoms with Crippen LogP contribution in [-0.4, -0.2) is 59.6 Å². The van der Waals surface area contributed by atoms with Gasteiger partial charge in [-0.15, -0.1) is 0 Å². The lowest BCUT2D eigenvalue weighted by Gasteiger charge is -2.20. The van der Waals surface area contributed by atoms with E-state index in [-0.39, 0.29) is 13.2 Å². The van der Waals surface area contributed by atoms with E-state index in [9.17, 15) is 15.3 Å². The minimum atomic E-state index is -1.04. The average Bonchev–Trinajstić information content (AvgIpc) is 2.94. The predicted molar refractivity (Wildman–Crippen MR) is 99.6 cm³/mol. The lowest BCUT2D eigenvalue weighted by atomic mass is 10.1. The molecule has 1 saturated heterocycles. The van der Waals surface area contributed by atoms with Gasteiger partial charge in [-0.25, -0.2) is 0 Å². The molecule has 3 N–H and O–H groups in total. The van der Waals surface area contributed by atoms with Crippen molar-refractivity contribution in [3.8, 4) is 0 Å². The van der Waals surface area contributed by atoms with Gasteiger partial charge >= 0.3 is 0 Å². The number of ether oxygens (including phenoxy) is 2. The Kier molecular flexibility index (Phi) is 13.3. The molecule has 4 atom stereocenters. The molecule has 5 nitrogen and oxygen atoms in total. The van der Waals surface area contributed by atoms with Gasteiger partial charge in [0, 0.05) is 0 Å². The number of hydrogen-bond acceptors (Lipinski definition) is 5. The Morgan fingerprint density at radius 2 is 1.64 bits per heavy atom. The molecule has 0 saturated carbocycles. The summed E-state index contributed by atoms with van der Waals surface area (Å²) < 4.78 is 10.6. The van der Waals surface area contributed by atoms with E-state index in [4.69, 9.17) is 9.47 Å². The molecule has 0 aromatic heterocycles. The third-order valence-electron chi connectivity index (χ3n) is 4.68. The zero-order valence-corrected chi connectivity index (χ0v) is 15.8. The second-order valence-electron chi connectivity index (χ2n) is 7.02. The Morgan fingerprint density at radius 3 is 2.28 bits per heavy atom. The number of aliphatic hydroxyl groups excluding tert-OH is 3. The molecule has 0 spiro atoms. The smallest absolute Gasteiger partial charge is 0.114 e. The van der Waals surface area contributed by atoms with E-state index < -0.39 is 24.4 Å². The van der Waals surface area contributed by atoms with E-state index in [0.717, 1.165) is 12.8 Å². The monoisotopic (exact) mass is 358 g/mol. The summed E-state index contributed by atoms with van der Waals surface area (Å²) in [5.74, 6) is 0. The molecule has 0 bridgehead atoms. The van der Waals surface area contributed by atoms with Gasteiger partial charge in [-0.3, -0.25) is 0 Å². The van der Waals surface area contributed by atoms with Crippen LogP contribution in [0.25, 0.3) is 0 Å². The van der Waals surface area contributed by atoms with Crippen molar-refractivity contribution in [1.82, 2.24) is 0 Å². The van der Waals surface area contributed by atoms with Crippen LogP contribution in [0.5, 0.6) is 0 Å². The summed E-state index contributed by atoms with van der Waals surface area (Å²) in [6.45, 7) is 2.96. The van der Waals surface area contributed by atoms with Crippen molar-refractivity contribution in [3.63, 3.8) is 0 Å². The quantitative estimate of drug-likeness (QED) is 0.310. The van der Waals surface area contributed by atoms with Gasteiger partial charge < -0.3 is 24.8 Å². The second-order valence-corrected chi connectivity index (χ2v) is 7.02. The van der Waals surface area contributed by atoms with Crippen molar-refractivity contribution in [3.05, 3.63) is 12.2 Å². The molecule has 0 radical (unpaired) electrons. The molecule has 25 heavy (non-hydrogen) atoms. The topological polar surface area (TPSA) is 79.2 Å². The maximum atomic E-state index is 9.89. The lowest BCUT2D eigenvalue weighted by molar-refractivity contribution is -0.0806. The summed E-state index contributed by atoms with van der Waals surface area (Å²) >= 11 is 0. The van der Waals surface area contributed by atoms with Crippen LogP contribution in [0.1, 0.15) is 71.1 Å². The Hall–Kier alpha value is -0.460. The first-order chi connectivity index (χ1) is 12.2. The van der Waals surface area contributed by atoms with Crippen LogP contribution in [0.15, 0.2) is 12.2 Å². The van der Waals surface area contributed by atoms with Crippen molar-refractivity contribution < 1.29 is 24.8 Å². The lowest BCUT2D eigenvalue weighted by Crippen LogP contribution is -2.40. The Balaban J connectivity index is 1.87. The standard InChI is InChI=1S/C20H38O5/c1-2-3-4-5-6-7-8-9-10-11-12-13-14-24-15-18(22)20-19(23)17(21)16-25-20/h11-12,17-23H,2-10,13-16H2,1H3/b12-11+/t17-,18+,19-,20-/m0/s1. The normalized spacial score (nSPS) is 25.0. The fourth-order valence-electron chi connectivity index (χ4n) is 3.05. The van der Waals surface area contributed by atoms with E-state index in [1.807, 2.05) is 0 Å². The summed E-state index contributed by atoms with van der Waals surface area (Å²) in [6, 6.07) is 0. The molecule has 0 aromatic rings. The summed E-state index contributed by atoms with van der Waals surface area (Å²) in [5, 5.41) is 28.9. The Bertz CT molecular complexity index is 334. The zero-order chi connectivity index (χ0) is 18.3. The maximum Gasteiger partial charge on any atom is 0.114 e. The molecule has 0 aliphatic carbocycles. The highest BCUT2D eigenvalue weighted by Gasteiger charge is 2.39. The molecule has 0 unspecified atom stereocenters. The molecule has 1 aliphatic heterocycles. The molecule has 148 valence electrons. The van der Waals surface area contributed by atoms with Crippen LogP contribution in [0.4, 0.5) is 0 Å². The van der Waals surface area contributed by atoms with Crippen LogP contribution in [0.3, 0.4) is 0 Å². The molecule has 0 aromatic carbocycles. The van der Waals surface area contributed by atoms with Gasteiger partial charge in [-0.1, -0.05) is 64.0 Å². The fraction of sp³-hybridized carbons (Fsp3) is 0.900. The number of unbranched alkanes of at least 4 members (excludes halogenated alkanes) is 8. The first-order valence-corrected chi connectivity index (χ1v) is 10.0. The Morgan fingerprint density at radius 1 is 1.00 bits per heavy atom. The van der Waals surface area contributed by atoms with Crippen molar-refractivity contribution in [2.45, 2.75) is 95.5 Å². The highest BCUT2D eigenvalue weighted by Crippen LogP contribution is 2.17. The molecule has 1 aliphatic rings. The van der Waals surface area contributed by atoms with Gasteiger partial charge in [-0.05, 0) is 19.3 Å². The largest absolute Gasteiger partial charge is 0.388 e. The summed E-state index contributed by atoms with van der Waals surface area (Å²) in [7, 11) is 0. The third-order valence-corrected chi connectivity index (χ3v) is 4.68.